The second kappa shape index (κ2) is 9.10. The Labute approximate surface area is 190 Å². The van der Waals surface area contributed by atoms with E-state index in [0.29, 0.717) is 43.7 Å². The van der Waals surface area contributed by atoms with Crippen LogP contribution in [0.15, 0.2) is 36.5 Å². The van der Waals surface area contributed by atoms with E-state index in [-0.39, 0.29) is 24.0 Å². The van der Waals surface area contributed by atoms with E-state index in [2.05, 4.69) is 19.3 Å². The normalized spacial score (nSPS) is 18.2. The van der Waals surface area contributed by atoms with Crippen molar-refractivity contribution >= 4 is 22.0 Å². The SMILES string of the molecule is CCn1ccc(CNS(=O)(=O)C2CCN(C(=O)/C=C/c3ccc4c(c3)OC(F)(F)O4)CC2)n1. The van der Waals surface area contributed by atoms with Crippen molar-refractivity contribution in [2.75, 3.05) is 13.1 Å². The van der Waals surface area contributed by atoms with E-state index in [1.54, 1.807) is 21.8 Å². The molecule has 2 aliphatic heterocycles. The summed E-state index contributed by atoms with van der Waals surface area (Å²) in [4.78, 5) is 14.1. The number of likely N-dealkylation sites (tertiary alicyclic amines) is 1. The van der Waals surface area contributed by atoms with E-state index < -0.39 is 21.6 Å². The second-order valence-electron chi connectivity index (χ2n) is 7.76. The maximum absolute atomic E-state index is 13.1. The molecule has 0 radical (unpaired) electrons. The van der Waals surface area contributed by atoms with Gasteiger partial charge in [-0.25, -0.2) is 13.1 Å². The Balaban J connectivity index is 1.28. The number of carbonyl (C=O) groups excluding carboxylic acids is 1. The molecule has 1 fully saturated rings. The standard InChI is InChI=1S/C21H24F2N4O5S/c1-2-27-12-7-16(25-27)14-24-33(29,30)17-8-10-26(11-9-17)20(28)6-4-15-3-5-18-19(13-15)32-21(22,23)31-18/h3-7,12-13,17,24H,2,8-11,14H2,1H3/b6-4+. The molecule has 1 N–H and O–H groups in total. The van der Waals surface area contributed by atoms with Gasteiger partial charge < -0.3 is 14.4 Å². The quantitative estimate of drug-likeness (QED) is 0.608. The highest BCUT2D eigenvalue weighted by atomic mass is 32.2. The first-order chi connectivity index (χ1) is 15.6. The average molecular weight is 483 g/mol. The number of amides is 1. The van der Waals surface area contributed by atoms with Crippen LogP contribution in [0.1, 0.15) is 31.0 Å². The van der Waals surface area contributed by atoms with Crippen molar-refractivity contribution in [3.63, 3.8) is 0 Å². The molecule has 1 amide bonds. The maximum atomic E-state index is 13.1. The summed E-state index contributed by atoms with van der Waals surface area (Å²) >= 11 is 0. The van der Waals surface area contributed by atoms with Crippen molar-refractivity contribution in [1.82, 2.24) is 19.4 Å². The fraction of sp³-hybridized carbons (Fsp3) is 0.429. The highest BCUT2D eigenvalue weighted by Gasteiger charge is 2.43. The number of ether oxygens (including phenoxy) is 2. The molecular weight excluding hydrogens is 458 g/mol. The van der Waals surface area contributed by atoms with Gasteiger partial charge in [0, 0.05) is 31.9 Å². The van der Waals surface area contributed by atoms with Gasteiger partial charge in [-0.15, -0.1) is 8.78 Å². The minimum absolute atomic E-state index is 0.0703. The molecule has 1 aromatic heterocycles. The van der Waals surface area contributed by atoms with Gasteiger partial charge in [0.1, 0.15) is 0 Å². The summed E-state index contributed by atoms with van der Waals surface area (Å²) in [7, 11) is -3.54. The van der Waals surface area contributed by atoms with E-state index in [0.717, 1.165) is 0 Å². The summed E-state index contributed by atoms with van der Waals surface area (Å²) in [5.74, 6) is -0.458. The lowest BCUT2D eigenvalue weighted by atomic mass is 10.1. The average Bonchev–Trinajstić information content (AvgIpc) is 3.38. The summed E-state index contributed by atoms with van der Waals surface area (Å²) in [5.41, 5.74) is 1.14. The zero-order valence-electron chi connectivity index (χ0n) is 17.9. The highest BCUT2D eigenvalue weighted by Crippen LogP contribution is 2.41. The molecule has 9 nitrogen and oxygen atoms in total. The number of aryl methyl sites for hydroxylation is 1. The fourth-order valence-electron chi connectivity index (χ4n) is 3.70. The lowest BCUT2D eigenvalue weighted by molar-refractivity contribution is -0.286. The number of sulfonamides is 1. The number of piperidine rings is 1. The number of alkyl halides is 2. The summed E-state index contributed by atoms with van der Waals surface area (Å²) in [6.07, 6.45) is 1.54. The lowest BCUT2D eigenvalue weighted by Crippen LogP contribution is -2.45. The van der Waals surface area contributed by atoms with Crippen LogP contribution in [0.3, 0.4) is 0 Å². The molecule has 2 aliphatic rings. The first-order valence-electron chi connectivity index (χ1n) is 10.5. The predicted molar refractivity (Wildman–Crippen MR) is 115 cm³/mol. The molecule has 33 heavy (non-hydrogen) atoms. The number of benzene rings is 1. The van der Waals surface area contributed by atoms with E-state index in [9.17, 15) is 22.0 Å². The van der Waals surface area contributed by atoms with Gasteiger partial charge in [0.15, 0.2) is 11.5 Å². The number of halogens is 2. The molecule has 178 valence electrons. The van der Waals surface area contributed by atoms with Crippen molar-refractivity contribution in [2.45, 2.75) is 44.4 Å². The maximum Gasteiger partial charge on any atom is 0.586 e. The van der Waals surface area contributed by atoms with Crippen LogP contribution in [0.5, 0.6) is 11.5 Å². The van der Waals surface area contributed by atoms with Crippen molar-refractivity contribution in [2.24, 2.45) is 0 Å². The minimum Gasteiger partial charge on any atom is -0.395 e. The van der Waals surface area contributed by atoms with E-state index in [1.807, 2.05) is 6.92 Å². The first kappa shape index (κ1) is 23.2. The van der Waals surface area contributed by atoms with Gasteiger partial charge in [-0.05, 0) is 49.6 Å². The van der Waals surface area contributed by atoms with Crippen LogP contribution >= 0.6 is 0 Å². The number of hydrogen-bond acceptors (Lipinski definition) is 6. The van der Waals surface area contributed by atoms with Gasteiger partial charge in [-0.1, -0.05) is 6.07 Å². The Kier molecular flexibility index (Phi) is 6.39. The zero-order valence-corrected chi connectivity index (χ0v) is 18.7. The first-order valence-corrected chi connectivity index (χ1v) is 12.1. The van der Waals surface area contributed by atoms with Crippen molar-refractivity contribution < 1.29 is 31.5 Å². The van der Waals surface area contributed by atoms with Crippen LogP contribution < -0.4 is 14.2 Å². The van der Waals surface area contributed by atoms with Gasteiger partial charge in [-0.3, -0.25) is 9.48 Å². The highest BCUT2D eigenvalue weighted by molar-refractivity contribution is 7.90. The number of nitrogens with zero attached hydrogens (tertiary/aromatic N) is 3. The van der Waals surface area contributed by atoms with Crippen LogP contribution in [0, 0.1) is 0 Å². The number of carbonyl (C=O) groups is 1. The van der Waals surface area contributed by atoms with Crippen molar-refractivity contribution in [1.29, 1.82) is 0 Å². The molecule has 0 unspecified atom stereocenters. The number of fused-ring (bicyclic) bond motifs is 1. The van der Waals surface area contributed by atoms with Crippen molar-refractivity contribution in [3.8, 4) is 11.5 Å². The van der Waals surface area contributed by atoms with Crippen LogP contribution in [0.4, 0.5) is 8.78 Å². The van der Waals surface area contributed by atoms with Crippen molar-refractivity contribution in [3.05, 3.63) is 47.8 Å². The molecule has 0 spiro atoms. The molecule has 2 aromatic rings. The van der Waals surface area contributed by atoms with Crippen LogP contribution in [0.25, 0.3) is 6.08 Å². The summed E-state index contributed by atoms with van der Waals surface area (Å²) in [5, 5.41) is 3.67. The number of hydrogen-bond donors (Lipinski definition) is 1. The minimum atomic E-state index is -3.70. The number of rotatable bonds is 7. The van der Waals surface area contributed by atoms with E-state index in [1.165, 1.54) is 30.4 Å². The summed E-state index contributed by atoms with van der Waals surface area (Å²) < 4.78 is 64.6. The van der Waals surface area contributed by atoms with Gasteiger partial charge in [-0.2, -0.15) is 5.10 Å². The van der Waals surface area contributed by atoms with Gasteiger partial charge in [0.2, 0.25) is 15.9 Å². The van der Waals surface area contributed by atoms with Gasteiger partial charge in [0.05, 0.1) is 17.5 Å². The number of nitrogens with one attached hydrogen (secondary N) is 1. The molecular formula is C21H24F2N4O5S. The van der Waals surface area contributed by atoms with E-state index >= 15 is 0 Å². The van der Waals surface area contributed by atoms with E-state index in [4.69, 9.17) is 0 Å². The Morgan fingerprint density at radius 2 is 1.97 bits per heavy atom. The Morgan fingerprint density at radius 1 is 1.24 bits per heavy atom. The zero-order chi connectivity index (χ0) is 23.6. The molecule has 0 atom stereocenters. The third-order valence-electron chi connectivity index (χ3n) is 5.51. The van der Waals surface area contributed by atoms with Crippen LogP contribution in [0.2, 0.25) is 0 Å². The van der Waals surface area contributed by atoms with Gasteiger partial charge in [0.25, 0.3) is 0 Å². The lowest BCUT2D eigenvalue weighted by Gasteiger charge is -2.31. The monoisotopic (exact) mass is 482 g/mol. The fourth-order valence-corrected chi connectivity index (χ4v) is 5.11. The second-order valence-corrected chi connectivity index (χ2v) is 9.81. The topological polar surface area (TPSA) is 103 Å². The van der Waals surface area contributed by atoms with Crippen LogP contribution in [-0.2, 0) is 27.9 Å². The molecule has 1 saturated heterocycles. The summed E-state index contributed by atoms with van der Waals surface area (Å²) in [6, 6.07) is 6.00. The van der Waals surface area contributed by atoms with Crippen LogP contribution in [-0.4, -0.2) is 53.6 Å². The van der Waals surface area contributed by atoms with Gasteiger partial charge >= 0.3 is 6.29 Å². The molecule has 1 aromatic carbocycles. The Hall–Kier alpha value is -2.99. The Morgan fingerprint density at radius 3 is 2.67 bits per heavy atom. The molecule has 12 heteroatoms. The largest absolute Gasteiger partial charge is 0.586 e. The third kappa shape index (κ3) is 5.50. The number of aromatic nitrogens is 2. The predicted octanol–water partition coefficient (Wildman–Crippen LogP) is 2.35. The Bertz CT molecular complexity index is 1160. The molecule has 0 aliphatic carbocycles. The smallest absolute Gasteiger partial charge is 0.395 e. The molecule has 0 bridgehead atoms. The third-order valence-corrected chi connectivity index (χ3v) is 7.41. The molecule has 4 rings (SSSR count). The molecule has 3 heterocycles. The summed E-state index contributed by atoms with van der Waals surface area (Å²) in [6.45, 7) is 3.37. The molecule has 0 saturated carbocycles.